The number of hydrogen-bond donors (Lipinski definition) is 1. The van der Waals surface area contributed by atoms with E-state index < -0.39 is 0 Å². The predicted molar refractivity (Wildman–Crippen MR) is 76.7 cm³/mol. The number of para-hydroxylation sites is 1. The molecule has 1 aromatic rings. The summed E-state index contributed by atoms with van der Waals surface area (Å²) >= 11 is 0. The number of nitrogens with zero attached hydrogens (tertiary/aromatic N) is 1. The van der Waals surface area contributed by atoms with Gasteiger partial charge in [0.25, 0.3) is 0 Å². The molecule has 0 spiro atoms. The van der Waals surface area contributed by atoms with Gasteiger partial charge in [0.2, 0.25) is 0 Å². The van der Waals surface area contributed by atoms with Crippen LogP contribution in [0, 0.1) is 0 Å². The zero-order valence-electron chi connectivity index (χ0n) is 11.4. The topological polar surface area (TPSA) is 15.3 Å². The summed E-state index contributed by atoms with van der Waals surface area (Å²) in [5, 5.41) is 3.53. The summed E-state index contributed by atoms with van der Waals surface area (Å²) in [5.74, 6) is 0. The van der Waals surface area contributed by atoms with Crippen molar-refractivity contribution in [1.29, 1.82) is 0 Å². The van der Waals surface area contributed by atoms with Crippen LogP contribution in [0.3, 0.4) is 0 Å². The lowest BCUT2D eigenvalue weighted by Gasteiger charge is -2.32. The van der Waals surface area contributed by atoms with Gasteiger partial charge in [0, 0.05) is 24.8 Å². The molecule has 17 heavy (non-hydrogen) atoms. The molecule has 2 heteroatoms. The van der Waals surface area contributed by atoms with Crippen molar-refractivity contribution in [2.45, 2.75) is 39.7 Å². The monoisotopic (exact) mass is 234 g/mol. The summed E-state index contributed by atoms with van der Waals surface area (Å²) in [7, 11) is 0. The zero-order valence-corrected chi connectivity index (χ0v) is 11.4. The molecule has 0 fully saturated rings. The van der Waals surface area contributed by atoms with Crippen molar-refractivity contribution in [3.05, 3.63) is 30.3 Å². The Morgan fingerprint density at radius 2 is 1.82 bits per heavy atom. The molecular weight excluding hydrogens is 208 g/mol. The van der Waals surface area contributed by atoms with Crippen LogP contribution in [0.4, 0.5) is 5.69 Å². The van der Waals surface area contributed by atoms with Crippen LogP contribution in [-0.4, -0.2) is 25.7 Å². The lowest BCUT2D eigenvalue weighted by atomic mass is 10.1. The molecule has 0 aliphatic rings. The Labute approximate surface area is 106 Å². The first-order valence-electron chi connectivity index (χ1n) is 6.85. The second-order valence-corrected chi connectivity index (χ2v) is 4.39. The molecule has 1 unspecified atom stereocenters. The summed E-state index contributed by atoms with van der Waals surface area (Å²) in [6, 6.07) is 11.3. The van der Waals surface area contributed by atoms with Gasteiger partial charge in [0.1, 0.15) is 0 Å². The van der Waals surface area contributed by atoms with Crippen molar-refractivity contribution in [2.24, 2.45) is 0 Å². The molecular formula is C15H26N2. The van der Waals surface area contributed by atoms with Crippen LogP contribution in [0.1, 0.15) is 33.6 Å². The van der Waals surface area contributed by atoms with Crippen LogP contribution in [0.5, 0.6) is 0 Å². The van der Waals surface area contributed by atoms with Gasteiger partial charge in [-0.3, -0.25) is 0 Å². The maximum atomic E-state index is 3.53. The van der Waals surface area contributed by atoms with Crippen molar-refractivity contribution in [3.8, 4) is 0 Å². The molecule has 0 amide bonds. The number of rotatable bonds is 8. The zero-order chi connectivity index (χ0) is 12.5. The van der Waals surface area contributed by atoms with Gasteiger partial charge in [0.15, 0.2) is 0 Å². The van der Waals surface area contributed by atoms with E-state index in [9.17, 15) is 0 Å². The van der Waals surface area contributed by atoms with Gasteiger partial charge in [-0.05, 0) is 38.4 Å². The molecule has 0 saturated carbocycles. The molecule has 2 nitrogen and oxygen atoms in total. The second kappa shape index (κ2) is 8.13. The van der Waals surface area contributed by atoms with E-state index in [1.807, 2.05) is 0 Å². The van der Waals surface area contributed by atoms with E-state index in [1.54, 1.807) is 0 Å². The van der Waals surface area contributed by atoms with Gasteiger partial charge in [-0.2, -0.15) is 0 Å². The predicted octanol–water partition coefficient (Wildman–Crippen LogP) is 3.29. The normalized spacial score (nSPS) is 12.4. The van der Waals surface area contributed by atoms with E-state index in [4.69, 9.17) is 0 Å². The number of anilines is 1. The number of hydrogen-bond acceptors (Lipinski definition) is 2. The summed E-state index contributed by atoms with van der Waals surface area (Å²) in [6.45, 7) is 9.97. The minimum absolute atomic E-state index is 0.592. The van der Waals surface area contributed by atoms with E-state index in [-0.39, 0.29) is 0 Å². The summed E-state index contributed by atoms with van der Waals surface area (Å²) in [5.41, 5.74) is 1.33. The van der Waals surface area contributed by atoms with Crippen molar-refractivity contribution < 1.29 is 0 Å². The molecule has 96 valence electrons. The van der Waals surface area contributed by atoms with Gasteiger partial charge < -0.3 is 10.2 Å². The Kier molecular flexibility index (Phi) is 6.71. The maximum Gasteiger partial charge on any atom is 0.0411 e. The fraction of sp³-hybridized carbons (Fsp3) is 0.600. The summed E-state index contributed by atoms with van der Waals surface area (Å²) < 4.78 is 0. The Morgan fingerprint density at radius 1 is 1.12 bits per heavy atom. The third-order valence-corrected chi connectivity index (χ3v) is 3.15. The molecule has 0 aromatic heterocycles. The van der Waals surface area contributed by atoms with E-state index in [0.29, 0.717) is 6.04 Å². The van der Waals surface area contributed by atoms with Crippen LogP contribution in [0.2, 0.25) is 0 Å². The third kappa shape index (κ3) is 4.39. The highest BCUT2D eigenvalue weighted by Gasteiger charge is 2.14. The number of benzene rings is 1. The minimum Gasteiger partial charge on any atom is -0.368 e. The lowest BCUT2D eigenvalue weighted by molar-refractivity contribution is 0.524. The molecule has 0 radical (unpaired) electrons. The Hall–Kier alpha value is -1.02. The molecule has 1 rings (SSSR count). The average molecular weight is 234 g/mol. The summed E-state index contributed by atoms with van der Waals surface area (Å²) in [6.07, 6.45) is 2.38. The number of nitrogens with one attached hydrogen (secondary N) is 1. The Morgan fingerprint density at radius 3 is 2.35 bits per heavy atom. The van der Waals surface area contributed by atoms with Gasteiger partial charge >= 0.3 is 0 Å². The first-order chi connectivity index (χ1) is 8.33. The fourth-order valence-corrected chi connectivity index (χ4v) is 2.19. The molecule has 0 bridgehead atoms. The second-order valence-electron chi connectivity index (χ2n) is 4.39. The van der Waals surface area contributed by atoms with Gasteiger partial charge in [-0.25, -0.2) is 0 Å². The highest BCUT2D eigenvalue weighted by atomic mass is 15.2. The maximum absolute atomic E-state index is 3.53. The first-order valence-corrected chi connectivity index (χ1v) is 6.85. The third-order valence-electron chi connectivity index (χ3n) is 3.15. The van der Waals surface area contributed by atoms with Crippen LogP contribution in [0.15, 0.2) is 30.3 Å². The molecule has 0 aliphatic heterocycles. The van der Waals surface area contributed by atoms with Crippen LogP contribution < -0.4 is 10.2 Å². The Balaban J connectivity index is 2.63. The van der Waals surface area contributed by atoms with E-state index in [2.05, 4.69) is 61.3 Å². The van der Waals surface area contributed by atoms with Crippen molar-refractivity contribution in [3.63, 3.8) is 0 Å². The quantitative estimate of drug-likeness (QED) is 0.694. The largest absolute Gasteiger partial charge is 0.368 e. The first kappa shape index (κ1) is 14.0. The van der Waals surface area contributed by atoms with Crippen LogP contribution in [-0.2, 0) is 0 Å². The molecule has 1 aromatic carbocycles. The highest BCUT2D eigenvalue weighted by molar-refractivity contribution is 5.47. The Bertz CT molecular complexity index is 284. The van der Waals surface area contributed by atoms with Crippen molar-refractivity contribution >= 4 is 5.69 Å². The SMILES string of the molecule is CCCNCC(CC)N(CC)c1ccccc1. The molecule has 1 atom stereocenters. The fourth-order valence-electron chi connectivity index (χ4n) is 2.19. The van der Waals surface area contributed by atoms with Crippen LogP contribution in [0.25, 0.3) is 0 Å². The van der Waals surface area contributed by atoms with Gasteiger partial charge in [-0.15, -0.1) is 0 Å². The molecule has 1 N–H and O–H groups in total. The lowest BCUT2D eigenvalue weighted by Crippen LogP contribution is -2.42. The number of likely N-dealkylation sites (N-methyl/N-ethyl adjacent to an activating group) is 1. The van der Waals surface area contributed by atoms with Gasteiger partial charge in [-0.1, -0.05) is 32.0 Å². The standard InChI is InChI=1S/C15H26N2/c1-4-12-16-13-14(5-2)17(6-3)15-10-8-7-9-11-15/h7-11,14,16H,4-6,12-13H2,1-3H3. The average Bonchev–Trinajstić information content (AvgIpc) is 2.39. The molecule has 0 heterocycles. The summed E-state index contributed by atoms with van der Waals surface area (Å²) in [4.78, 5) is 2.49. The molecule has 0 saturated heterocycles. The van der Waals surface area contributed by atoms with Crippen molar-refractivity contribution in [2.75, 3.05) is 24.5 Å². The smallest absolute Gasteiger partial charge is 0.0411 e. The van der Waals surface area contributed by atoms with E-state index in [1.165, 1.54) is 18.5 Å². The van der Waals surface area contributed by atoms with E-state index >= 15 is 0 Å². The van der Waals surface area contributed by atoms with E-state index in [0.717, 1.165) is 19.6 Å². The highest BCUT2D eigenvalue weighted by Crippen LogP contribution is 2.17. The van der Waals surface area contributed by atoms with Crippen LogP contribution >= 0.6 is 0 Å². The molecule has 0 aliphatic carbocycles. The van der Waals surface area contributed by atoms with Crippen molar-refractivity contribution in [1.82, 2.24) is 5.32 Å². The van der Waals surface area contributed by atoms with Gasteiger partial charge in [0.05, 0.1) is 0 Å². The minimum atomic E-state index is 0.592.